The molecular weight excluding hydrogens is 412 g/mol. The van der Waals surface area contributed by atoms with Crippen LogP contribution in [0.2, 0.25) is 0 Å². The highest BCUT2D eigenvalue weighted by molar-refractivity contribution is 7.89. The number of nitrogens with zero attached hydrogens (tertiary/aromatic N) is 2. The van der Waals surface area contributed by atoms with E-state index in [1.807, 2.05) is 0 Å². The van der Waals surface area contributed by atoms with Crippen LogP contribution in [0.3, 0.4) is 0 Å². The first-order chi connectivity index (χ1) is 14.1. The molecule has 12 heteroatoms. The largest absolute Gasteiger partial charge is 0.397 e. The molecule has 0 aliphatic rings. The standard InChI is InChI=1S/C18H22N6O5S/c1-23(20)12-16(19)15-4-2-3-5-17(15)22-18(25)10-11-21-30(28,29)14-8-6-13(7-9-14)24(26)27/h2-9,12,21H,10-11,19-20H2,1H3,(H,22,25)/b16-12-. The van der Waals surface area contributed by atoms with Crippen LogP contribution in [0.15, 0.2) is 59.6 Å². The third-order valence-electron chi connectivity index (χ3n) is 3.86. The molecule has 6 N–H and O–H groups in total. The number of nitrogens with two attached hydrogens (primary N) is 2. The number of sulfonamides is 1. The summed E-state index contributed by atoms with van der Waals surface area (Å²) in [6.45, 7) is -0.163. The van der Waals surface area contributed by atoms with Crippen molar-refractivity contribution in [3.8, 4) is 0 Å². The number of nitro benzene ring substituents is 1. The third-order valence-corrected chi connectivity index (χ3v) is 5.33. The normalized spacial score (nSPS) is 11.7. The Balaban J connectivity index is 1.98. The van der Waals surface area contributed by atoms with Crippen molar-refractivity contribution in [3.63, 3.8) is 0 Å². The Morgan fingerprint density at radius 3 is 2.43 bits per heavy atom. The van der Waals surface area contributed by atoms with Gasteiger partial charge in [-0.2, -0.15) is 0 Å². The predicted octanol–water partition coefficient (Wildman–Crippen LogP) is 0.965. The van der Waals surface area contributed by atoms with Gasteiger partial charge in [-0.05, 0) is 18.2 Å². The fourth-order valence-corrected chi connectivity index (χ4v) is 3.51. The second-order valence-corrected chi connectivity index (χ2v) is 8.01. The molecule has 0 fully saturated rings. The molecule has 0 bridgehead atoms. The quantitative estimate of drug-likeness (QED) is 0.256. The lowest BCUT2D eigenvalue weighted by Crippen LogP contribution is -2.28. The molecule has 0 radical (unpaired) electrons. The van der Waals surface area contributed by atoms with Gasteiger partial charge in [0, 0.05) is 43.9 Å². The van der Waals surface area contributed by atoms with Gasteiger partial charge in [0.2, 0.25) is 15.9 Å². The van der Waals surface area contributed by atoms with E-state index in [1.165, 1.54) is 11.2 Å². The van der Waals surface area contributed by atoms with Gasteiger partial charge in [-0.1, -0.05) is 18.2 Å². The van der Waals surface area contributed by atoms with Gasteiger partial charge in [0.05, 0.1) is 21.2 Å². The van der Waals surface area contributed by atoms with Crippen molar-refractivity contribution in [2.45, 2.75) is 11.3 Å². The van der Waals surface area contributed by atoms with Crippen LogP contribution in [-0.4, -0.2) is 37.8 Å². The maximum Gasteiger partial charge on any atom is 0.269 e. The molecule has 2 aromatic carbocycles. The molecular formula is C18H22N6O5S. The van der Waals surface area contributed by atoms with E-state index in [4.69, 9.17) is 11.6 Å². The monoisotopic (exact) mass is 434 g/mol. The lowest BCUT2D eigenvalue weighted by atomic mass is 10.1. The number of carbonyl (C=O) groups is 1. The van der Waals surface area contributed by atoms with Crippen molar-refractivity contribution in [3.05, 3.63) is 70.4 Å². The van der Waals surface area contributed by atoms with E-state index in [0.717, 1.165) is 24.3 Å². The number of carbonyl (C=O) groups excluding carboxylic acids is 1. The van der Waals surface area contributed by atoms with Crippen molar-refractivity contribution in [2.24, 2.45) is 11.6 Å². The van der Waals surface area contributed by atoms with Crippen LogP contribution in [0.4, 0.5) is 11.4 Å². The SMILES string of the molecule is CN(N)/C=C(\N)c1ccccc1NC(=O)CCNS(=O)(=O)c1ccc([N+](=O)[O-])cc1. The number of anilines is 1. The zero-order valence-corrected chi connectivity index (χ0v) is 16.9. The van der Waals surface area contributed by atoms with E-state index in [0.29, 0.717) is 16.9 Å². The summed E-state index contributed by atoms with van der Waals surface area (Å²) in [5.74, 6) is 5.12. The number of amides is 1. The third kappa shape index (κ3) is 6.27. The highest BCUT2D eigenvalue weighted by atomic mass is 32.2. The molecule has 1 amide bonds. The molecule has 0 unspecified atom stereocenters. The number of rotatable bonds is 9. The van der Waals surface area contributed by atoms with Crippen molar-refractivity contribution in [1.29, 1.82) is 0 Å². The van der Waals surface area contributed by atoms with Crippen LogP contribution in [0.1, 0.15) is 12.0 Å². The molecule has 0 saturated carbocycles. The number of hydrogen-bond donors (Lipinski definition) is 4. The van der Waals surface area contributed by atoms with Crippen LogP contribution in [-0.2, 0) is 14.8 Å². The van der Waals surface area contributed by atoms with Gasteiger partial charge in [-0.25, -0.2) is 19.0 Å². The van der Waals surface area contributed by atoms with Gasteiger partial charge in [0.1, 0.15) is 0 Å². The Morgan fingerprint density at radius 1 is 1.20 bits per heavy atom. The van der Waals surface area contributed by atoms with E-state index in [-0.39, 0.29) is 23.5 Å². The molecule has 2 rings (SSSR count). The van der Waals surface area contributed by atoms with Gasteiger partial charge < -0.3 is 16.1 Å². The first-order valence-electron chi connectivity index (χ1n) is 8.68. The number of para-hydroxylation sites is 1. The minimum Gasteiger partial charge on any atom is -0.397 e. The van der Waals surface area contributed by atoms with E-state index in [1.54, 1.807) is 31.3 Å². The average molecular weight is 434 g/mol. The molecule has 30 heavy (non-hydrogen) atoms. The summed E-state index contributed by atoms with van der Waals surface area (Å²) in [6.07, 6.45) is 1.35. The Hall–Kier alpha value is -3.48. The van der Waals surface area contributed by atoms with Gasteiger partial charge in [-0.15, -0.1) is 0 Å². The number of benzene rings is 2. The molecule has 160 valence electrons. The maximum atomic E-state index is 12.2. The van der Waals surface area contributed by atoms with E-state index in [2.05, 4.69) is 10.0 Å². The Kier molecular flexibility index (Phi) is 7.47. The first kappa shape index (κ1) is 22.8. The van der Waals surface area contributed by atoms with E-state index in [9.17, 15) is 23.3 Å². The predicted molar refractivity (Wildman–Crippen MR) is 112 cm³/mol. The second-order valence-electron chi connectivity index (χ2n) is 6.24. The highest BCUT2D eigenvalue weighted by Crippen LogP contribution is 2.21. The fourth-order valence-electron chi connectivity index (χ4n) is 2.47. The summed E-state index contributed by atoms with van der Waals surface area (Å²) in [5, 5.41) is 14.6. The lowest BCUT2D eigenvalue weighted by molar-refractivity contribution is -0.384. The number of non-ortho nitro benzene ring substituents is 1. The second kappa shape index (κ2) is 9.82. The summed E-state index contributed by atoms with van der Waals surface area (Å²) in [7, 11) is -2.31. The van der Waals surface area contributed by atoms with Crippen LogP contribution >= 0.6 is 0 Å². The Labute approximate surface area is 173 Å². The first-order valence-corrected chi connectivity index (χ1v) is 10.2. The highest BCUT2D eigenvalue weighted by Gasteiger charge is 2.16. The van der Waals surface area contributed by atoms with Gasteiger partial charge in [0.15, 0.2) is 0 Å². The molecule has 0 saturated heterocycles. The average Bonchev–Trinajstić information content (AvgIpc) is 2.67. The molecule has 0 atom stereocenters. The summed E-state index contributed by atoms with van der Waals surface area (Å²) in [5.41, 5.74) is 7.12. The van der Waals surface area contributed by atoms with Gasteiger partial charge in [-0.3, -0.25) is 14.9 Å². The number of nitrogens with one attached hydrogen (secondary N) is 2. The fraction of sp³-hybridized carbons (Fsp3) is 0.167. The Bertz CT molecular complexity index is 1050. The molecule has 0 aromatic heterocycles. The zero-order chi connectivity index (χ0) is 22.3. The summed E-state index contributed by atoms with van der Waals surface area (Å²) >= 11 is 0. The van der Waals surface area contributed by atoms with Crippen LogP contribution in [0.5, 0.6) is 0 Å². The van der Waals surface area contributed by atoms with Crippen LogP contribution in [0, 0.1) is 10.1 Å². The Morgan fingerprint density at radius 2 is 1.83 bits per heavy atom. The molecule has 0 heterocycles. The van der Waals surface area contributed by atoms with Gasteiger partial charge >= 0.3 is 0 Å². The number of hydrogen-bond acceptors (Lipinski definition) is 8. The molecule has 11 nitrogen and oxygen atoms in total. The zero-order valence-electron chi connectivity index (χ0n) is 16.1. The summed E-state index contributed by atoms with van der Waals surface area (Å²) < 4.78 is 26.8. The van der Waals surface area contributed by atoms with Crippen molar-refractivity contribution in [2.75, 3.05) is 18.9 Å². The van der Waals surface area contributed by atoms with Crippen LogP contribution in [0.25, 0.3) is 5.70 Å². The lowest BCUT2D eigenvalue weighted by Gasteiger charge is -2.13. The van der Waals surface area contributed by atoms with Gasteiger partial charge in [0.25, 0.3) is 5.69 Å². The van der Waals surface area contributed by atoms with E-state index < -0.39 is 20.9 Å². The topological polar surface area (TPSA) is 174 Å². The number of nitro groups is 1. The maximum absolute atomic E-state index is 12.2. The summed E-state index contributed by atoms with van der Waals surface area (Å²) in [4.78, 5) is 22.1. The van der Waals surface area contributed by atoms with Crippen molar-refractivity contribution >= 4 is 33.0 Å². The molecule has 0 spiro atoms. The van der Waals surface area contributed by atoms with Crippen LogP contribution < -0.4 is 21.6 Å². The molecule has 2 aromatic rings. The van der Waals surface area contributed by atoms with Crippen molar-refractivity contribution in [1.82, 2.24) is 9.73 Å². The summed E-state index contributed by atoms with van der Waals surface area (Å²) in [6, 6.07) is 11.3. The van der Waals surface area contributed by atoms with Crippen molar-refractivity contribution < 1.29 is 18.1 Å². The smallest absolute Gasteiger partial charge is 0.269 e. The minimum absolute atomic E-state index is 0.136. The molecule has 0 aliphatic carbocycles. The molecule has 0 aliphatic heterocycles. The van der Waals surface area contributed by atoms with E-state index >= 15 is 0 Å². The number of hydrazine groups is 1. The minimum atomic E-state index is -3.91.